The number of carbonyl (C=O) groups excluding carboxylic acids is 9. The van der Waals surface area contributed by atoms with Crippen LogP contribution in [0.25, 0.3) is 4.85 Å². The predicted molar refractivity (Wildman–Crippen MR) is 401 cm³/mol. The van der Waals surface area contributed by atoms with E-state index in [1.54, 1.807) is 90.1 Å². The number of nitrogens with zero attached hydrogens (tertiary/aromatic N) is 3. The summed E-state index contributed by atoms with van der Waals surface area (Å²) in [4.78, 5) is 122. The minimum atomic E-state index is -2.88. The Morgan fingerprint density at radius 2 is 0.973 bits per heavy atom. The van der Waals surface area contributed by atoms with Gasteiger partial charge in [0.2, 0.25) is 29.7 Å². The lowest BCUT2D eigenvalue weighted by Gasteiger charge is -2.38. The monoisotopic (exact) mass is 1640 g/mol. The largest absolute Gasteiger partial charge is 0.481 e. The fourth-order valence-corrected chi connectivity index (χ4v) is 10.5. The first-order valence-corrected chi connectivity index (χ1v) is 35.0. The van der Waals surface area contributed by atoms with Crippen molar-refractivity contribution < 1.29 is 107 Å². The molecule has 6 aromatic carbocycles. The normalized spacial score (nSPS) is 14.6. The highest BCUT2D eigenvalue weighted by molar-refractivity contribution is 6.61. The molecular formula is C76H84Cl4F8N8O15. The fraction of sp³-hybridized carbons (Fsp3) is 0.382. The molecule has 0 aromatic heterocycles. The zero-order chi connectivity index (χ0) is 83.8. The van der Waals surface area contributed by atoms with Gasteiger partial charge in [0.1, 0.15) is 48.0 Å². The molecule has 2 unspecified atom stereocenters. The van der Waals surface area contributed by atoms with Crippen molar-refractivity contribution in [2.24, 2.45) is 0 Å². The molecular weight excluding hydrogens is 1560 g/mol. The van der Waals surface area contributed by atoms with Crippen LogP contribution >= 0.6 is 46.4 Å². The number of alkyl carbamates (subject to hydrolysis) is 2. The Morgan fingerprint density at radius 3 is 1.28 bits per heavy atom. The molecule has 6 aromatic rings. The van der Waals surface area contributed by atoms with Gasteiger partial charge in [-0.25, -0.2) is 56.1 Å². The summed E-state index contributed by atoms with van der Waals surface area (Å²) in [5.41, 5.74) is 6.32. The topological polar surface area (TPSA) is 313 Å². The van der Waals surface area contributed by atoms with Gasteiger partial charge in [-0.2, -0.15) is 0 Å². The molecule has 0 saturated heterocycles. The number of methoxy groups -OCH3 is 2. The number of nitrogens with two attached hydrogens (primary N) is 1. The fourth-order valence-electron chi connectivity index (χ4n) is 9.82. The van der Waals surface area contributed by atoms with Gasteiger partial charge < -0.3 is 55.9 Å². The van der Waals surface area contributed by atoms with E-state index in [4.69, 9.17) is 61.7 Å². The zero-order valence-electron chi connectivity index (χ0n) is 61.5. The Labute approximate surface area is 655 Å². The summed E-state index contributed by atoms with van der Waals surface area (Å²) in [5, 5.41) is 18.6. The third-order valence-corrected chi connectivity index (χ3v) is 16.0. The van der Waals surface area contributed by atoms with Gasteiger partial charge in [0, 0.05) is 93.2 Å². The number of anilines is 3. The quantitative estimate of drug-likeness (QED) is 0.00886. The number of esters is 1. The molecule has 3 fully saturated rings. The number of carbonyl (C=O) groups is 10. The maximum atomic E-state index is 14.2. The third-order valence-electron chi connectivity index (χ3n) is 14.8. The van der Waals surface area contributed by atoms with Gasteiger partial charge in [0.15, 0.2) is 6.29 Å². The van der Waals surface area contributed by atoms with Crippen LogP contribution in [-0.4, -0.2) is 139 Å². The molecule has 0 heterocycles. The van der Waals surface area contributed by atoms with Crippen LogP contribution in [0.1, 0.15) is 132 Å². The Bertz CT molecular complexity index is 4170. The lowest BCUT2D eigenvalue weighted by molar-refractivity contribution is -0.157. The zero-order valence-corrected chi connectivity index (χ0v) is 64.5. The Hall–Kier alpha value is -10.3. The van der Waals surface area contributed by atoms with Crippen molar-refractivity contribution in [3.05, 3.63) is 206 Å². The summed E-state index contributed by atoms with van der Waals surface area (Å²) in [5.74, 6) is -14.2. The van der Waals surface area contributed by atoms with Crippen molar-refractivity contribution >= 4 is 123 Å². The van der Waals surface area contributed by atoms with Gasteiger partial charge in [-0.15, -0.1) is 0 Å². The van der Waals surface area contributed by atoms with Crippen LogP contribution < -0.4 is 36.8 Å². The average Bonchev–Trinajstić information content (AvgIpc) is 0.785. The first-order chi connectivity index (χ1) is 51.7. The van der Waals surface area contributed by atoms with Crippen LogP contribution in [0.15, 0.2) is 146 Å². The predicted octanol–water partition coefficient (Wildman–Crippen LogP) is 16.4. The second-order valence-electron chi connectivity index (χ2n) is 26.5. The van der Waals surface area contributed by atoms with Crippen molar-refractivity contribution in [2.75, 3.05) is 42.8 Å². The Balaban J connectivity index is 0.000000381. The summed E-state index contributed by atoms with van der Waals surface area (Å²) in [6, 6.07) is 32.1. The summed E-state index contributed by atoms with van der Waals surface area (Å²) in [6.45, 7) is 17.3. The highest BCUT2D eigenvalue weighted by Gasteiger charge is 2.51. The Kier molecular flexibility index (Phi) is 38.1. The van der Waals surface area contributed by atoms with Crippen LogP contribution in [0.4, 0.5) is 66.6 Å². The van der Waals surface area contributed by atoms with Gasteiger partial charge >= 0.3 is 29.6 Å². The molecule has 35 heteroatoms. The van der Waals surface area contributed by atoms with E-state index in [1.165, 1.54) is 61.2 Å². The molecule has 9 rings (SSSR count). The number of nitrogens with one attached hydrogen (secondary N) is 4. The van der Waals surface area contributed by atoms with Gasteiger partial charge in [-0.05, 0) is 121 Å². The van der Waals surface area contributed by atoms with Crippen molar-refractivity contribution in [2.45, 2.75) is 159 Å². The van der Waals surface area contributed by atoms with Crippen molar-refractivity contribution in [1.82, 2.24) is 21.3 Å². The SMILES string of the molecule is CC(C)(C)OC(=O)CCC(=O)O.CC(C)(C)OC(=O)NCC(=O)N(c1cccc(F)c1)C(C(=O)NC1CC(F)(F)C1)c1ccccc1Cl.COC(=O)Cl.COC(=O)NCC(=O)N(c1cccc(F)c1)C(C(=O)NC1CC(F)(F)C1)c1ccccc1Cl.Cc1cccc(N)c1.O=Cc1ccccc1Cl.[C-]#[N+]C1CC(F)(F)C1. The number of aliphatic carboxylic acids is 1. The molecule has 0 bridgehead atoms. The van der Waals surface area contributed by atoms with E-state index in [2.05, 4.69) is 47.2 Å². The molecule has 23 nitrogen and oxygen atoms in total. The smallest absolute Gasteiger partial charge is 0.408 e. The number of aryl methyl sites for hydroxylation is 1. The number of ether oxygens (including phenoxy) is 4. The summed E-state index contributed by atoms with van der Waals surface area (Å²) in [7, 11) is 2.33. The van der Waals surface area contributed by atoms with Crippen LogP contribution in [0.3, 0.4) is 0 Å². The molecule has 3 aliphatic carbocycles. The standard InChI is InChI=1S/C25H27ClF3N3O4.C22H21ClF3N3O4.C8H14O4.C7H5ClO.C7H9N.C5H5F2N.C2H3ClO2/c1-24(2,3)36-23(35)30-14-20(33)32(17-8-6-7-15(27)11-17)21(18-9-4-5-10-19(18)26)22(34)31-16-12-25(28,29)13-16;1-33-21(32)27-12-18(30)29(15-6-4-5-13(24)9-15)19(16-7-2-3-8-17(16)23)20(31)28-14-10-22(25,26)11-14;1-8(2,3)12-7(11)5-4-6(9)10;8-7-4-2-1-3-6(7)5-9;1-6-3-2-4-7(8)5-6;1-8-4-2-5(6,7)3-4;1-5-2(3)4/h4-11,16,21H,12-14H2,1-3H3,(H,30,35)(H,31,34);2-9,14,19H,10-12H2,1H3,(H,27,32)(H,28,31);4-5H2,1-3H3,(H,9,10);1-5H;2-5H,8H2,1H3;4H,2-3H2;1H3. The van der Waals surface area contributed by atoms with Gasteiger partial charge in [-0.1, -0.05) is 114 Å². The number of amides is 6. The lowest BCUT2D eigenvalue weighted by Crippen LogP contribution is -2.54. The molecule has 0 aliphatic heterocycles. The molecule has 2 atom stereocenters. The number of alkyl halides is 6. The van der Waals surface area contributed by atoms with E-state index in [0.717, 1.165) is 53.1 Å². The number of carboxylic acids is 1. The minimum absolute atomic E-state index is 0.00463. The molecule has 6 amide bonds. The van der Waals surface area contributed by atoms with E-state index >= 15 is 0 Å². The summed E-state index contributed by atoms with van der Waals surface area (Å²) in [6.07, 6.45) is -3.86. The molecule has 0 radical (unpaired) electrons. The number of hydrogen-bond acceptors (Lipinski definition) is 15. The molecule has 602 valence electrons. The highest BCUT2D eigenvalue weighted by Crippen LogP contribution is 2.42. The second kappa shape index (κ2) is 44.5. The van der Waals surface area contributed by atoms with Crippen molar-refractivity contribution in [3.63, 3.8) is 0 Å². The van der Waals surface area contributed by atoms with E-state index in [9.17, 15) is 83.1 Å². The Morgan fingerprint density at radius 1 is 0.577 bits per heavy atom. The van der Waals surface area contributed by atoms with E-state index in [1.807, 2.05) is 31.2 Å². The summed E-state index contributed by atoms with van der Waals surface area (Å²) < 4.78 is 124. The lowest BCUT2D eigenvalue weighted by atomic mass is 9.87. The van der Waals surface area contributed by atoms with Crippen LogP contribution in [0, 0.1) is 25.1 Å². The number of benzene rings is 6. The number of nitrogen functional groups attached to an aromatic ring is 1. The minimum Gasteiger partial charge on any atom is -0.481 e. The number of hydrogen-bond donors (Lipinski definition) is 6. The maximum Gasteiger partial charge on any atom is 0.408 e. The molecule has 3 saturated carbocycles. The van der Waals surface area contributed by atoms with Crippen LogP contribution in [0.5, 0.6) is 0 Å². The third kappa shape index (κ3) is 35.5. The van der Waals surface area contributed by atoms with Gasteiger partial charge in [-0.3, -0.25) is 43.4 Å². The second-order valence-corrected chi connectivity index (χ2v) is 28.0. The van der Waals surface area contributed by atoms with Crippen LogP contribution in [0.2, 0.25) is 15.1 Å². The van der Waals surface area contributed by atoms with Crippen molar-refractivity contribution in [3.8, 4) is 0 Å². The highest BCUT2D eigenvalue weighted by atomic mass is 35.5. The first kappa shape index (κ1) is 94.9. The summed E-state index contributed by atoms with van der Waals surface area (Å²) >= 11 is 22.9. The van der Waals surface area contributed by atoms with Gasteiger partial charge in [0.05, 0.1) is 44.9 Å². The molecule has 3 aliphatic rings. The number of carboxylic acid groups (broad SMARTS) is 1. The number of halogens is 12. The van der Waals surface area contributed by atoms with Crippen molar-refractivity contribution in [1.29, 1.82) is 0 Å². The maximum absolute atomic E-state index is 14.2. The number of rotatable bonds is 18. The average molecular weight is 1640 g/mol. The number of aldehydes is 1. The van der Waals surface area contributed by atoms with E-state index in [0.29, 0.717) is 10.6 Å². The van der Waals surface area contributed by atoms with E-state index < -0.39 is 163 Å². The first-order valence-electron chi connectivity index (χ1n) is 33.4. The molecule has 0 spiro atoms. The van der Waals surface area contributed by atoms with Gasteiger partial charge in [0.25, 0.3) is 17.8 Å². The van der Waals surface area contributed by atoms with E-state index in [-0.39, 0.29) is 58.2 Å². The molecule has 7 N–H and O–H groups in total. The molecule has 111 heavy (non-hydrogen) atoms. The van der Waals surface area contributed by atoms with Crippen LogP contribution in [-0.2, 0) is 47.7 Å².